The molecule has 0 saturated carbocycles. The predicted molar refractivity (Wildman–Crippen MR) is 105 cm³/mol. The van der Waals surface area contributed by atoms with Crippen LogP contribution in [-0.4, -0.2) is 44.0 Å². The first-order chi connectivity index (χ1) is 12.5. The van der Waals surface area contributed by atoms with Crippen molar-refractivity contribution in [2.45, 2.75) is 6.54 Å². The summed E-state index contributed by atoms with van der Waals surface area (Å²) in [4.78, 5) is 17.5. The van der Waals surface area contributed by atoms with Gasteiger partial charge in [0.25, 0.3) is 0 Å². The van der Waals surface area contributed by atoms with Gasteiger partial charge in [-0.15, -0.1) is 0 Å². The van der Waals surface area contributed by atoms with E-state index in [4.69, 9.17) is 22.1 Å². The van der Waals surface area contributed by atoms with Gasteiger partial charge in [0.15, 0.2) is 5.96 Å². The summed E-state index contributed by atoms with van der Waals surface area (Å²) >= 11 is 5.86. The van der Waals surface area contributed by atoms with Crippen LogP contribution in [-0.2, 0) is 6.54 Å². The van der Waals surface area contributed by atoms with E-state index in [-0.39, 0.29) is 0 Å². The molecule has 0 aliphatic heterocycles. The molecule has 0 heterocycles. The highest BCUT2D eigenvalue weighted by atomic mass is 35.5. The third-order valence-electron chi connectivity index (χ3n) is 3.74. The number of hydrogen-bond donors (Lipinski definition) is 2. The molecule has 2 aromatic carbocycles. The zero-order valence-corrected chi connectivity index (χ0v) is 15.7. The van der Waals surface area contributed by atoms with Crippen LogP contribution in [0.2, 0.25) is 5.02 Å². The Bertz CT molecular complexity index is 762. The van der Waals surface area contributed by atoms with E-state index in [0.29, 0.717) is 30.3 Å². The average molecular weight is 375 g/mol. The van der Waals surface area contributed by atoms with E-state index in [1.807, 2.05) is 36.2 Å². The first kappa shape index (κ1) is 19.6. The summed E-state index contributed by atoms with van der Waals surface area (Å²) in [5, 5.41) is 3.94. The molecule has 0 radical (unpaired) electrons. The summed E-state index contributed by atoms with van der Waals surface area (Å²) in [6.07, 6.45) is 0. The molecule has 0 unspecified atom stereocenters. The number of nitrogens with zero attached hydrogens (tertiary/aromatic N) is 2. The van der Waals surface area contributed by atoms with Crippen LogP contribution >= 0.6 is 11.6 Å². The molecular weight excluding hydrogens is 352 g/mol. The van der Waals surface area contributed by atoms with Crippen LogP contribution in [0.25, 0.3) is 0 Å². The molecule has 2 rings (SSSR count). The predicted octanol–water partition coefficient (Wildman–Crippen LogP) is 2.53. The smallest absolute Gasteiger partial charge is 0.248 e. The highest BCUT2D eigenvalue weighted by Gasteiger charge is 2.07. The van der Waals surface area contributed by atoms with Gasteiger partial charge in [-0.05, 0) is 42.0 Å². The van der Waals surface area contributed by atoms with E-state index in [9.17, 15) is 4.79 Å². The van der Waals surface area contributed by atoms with Crippen LogP contribution in [0, 0.1) is 0 Å². The number of halogens is 1. The maximum atomic E-state index is 11.3. The second kappa shape index (κ2) is 9.68. The van der Waals surface area contributed by atoms with Gasteiger partial charge < -0.3 is 20.7 Å². The van der Waals surface area contributed by atoms with E-state index < -0.39 is 5.91 Å². The Balaban J connectivity index is 1.82. The molecule has 0 spiro atoms. The van der Waals surface area contributed by atoms with Crippen molar-refractivity contribution >= 4 is 23.5 Å². The first-order valence-corrected chi connectivity index (χ1v) is 8.56. The number of carbonyl (C=O) groups excluding carboxylic acids is 1. The Morgan fingerprint density at radius 1 is 1.27 bits per heavy atom. The number of likely N-dealkylation sites (N-methyl/N-ethyl adjacent to an activating group) is 1. The Morgan fingerprint density at radius 2 is 2.00 bits per heavy atom. The van der Waals surface area contributed by atoms with Gasteiger partial charge in [0.2, 0.25) is 5.91 Å². The number of aliphatic imine (C=N–C) groups is 1. The number of nitrogens with two attached hydrogens (primary N) is 1. The van der Waals surface area contributed by atoms with Crippen LogP contribution in [0.4, 0.5) is 0 Å². The molecular formula is C19H23ClN4O2. The third-order valence-corrected chi connectivity index (χ3v) is 4.00. The minimum Gasteiger partial charge on any atom is -0.492 e. The SMILES string of the molecule is CN=C(NCc1cccc(C(N)=O)c1)N(C)CCOc1ccc(Cl)cc1. The number of amides is 1. The van der Waals surface area contributed by atoms with Crippen LogP contribution in [0.3, 0.4) is 0 Å². The number of benzene rings is 2. The van der Waals surface area contributed by atoms with Gasteiger partial charge in [0.1, 0.15) is 12.4 Å². The standard InChI is InChI=1S/C19H23ClN4O2/c1-22-19(23-13-14-4-3-5-15(12-14)18(21)25)24(2)10-11-26-17-8-6-16(20)7-9-17/h3-9,12H,10-11,13H2,1-2H3,(H2,21,25)(H,22,23). The largest absolute Gasteiger partial charge is 0.492 e. The molecule has 1 amide bonds. The maximum Gasteiger partial charge on any atom is 0.248 e. The van der Waals surface area contributed by atoms with E-state index in [0.717, 1.165) is 17.3 Å². The summed E-state index contributed by atoms with van der Waals surface area (Å²) in [6, 6.07) is 14.5. The summed E-state index contributed by atoms with van der Waals surface area (Å²) in [7, 11) is 3.65. The highest BCUT2D eigenvalue weighted by molar-refractivity contribution is 6.30. The number of primary amides is 1. The molecule has 0 aromatic heterocycles. The van der Waals surface area contributed by atoms with Gasteiger partial charge in [0, 0.05) is 31.2 Å². The van der Waals surface area contributed by atoms with E-state index in [1.54, 1.807) is 31.3 Å². The number of carbonyl (C=O) groups is 1. The van der Waals surface area contributed by atoms with Crippen LogP contribution in [0.5, 0.6) is 5.75 Å². The molecule has 138 valence electrons. The summed E-state index contributed by atoms with van der Waals surface area (Å²) in [5.74, 6) is 1.07. The van der Waals surface area contributed by atoms with Crippen molar-refractivity contribution in [3.63, 3.8) is 0 Å². The Kier molecular flexibility index (Phi) is 7.29. The molecule has 0 bridgehead atoms. The molecule has 0 fully saturated rings. The maximum absolute atomic E-state index is 11.3. The van der Waals surface area contributed by atoms with E-state index in [1.165, 1.54) is 0 Å². The highest BCUT2D eigenvalue weighted by Crippen LogP contribution is 2.15. The molecule has 0 aliphatic rings. The average Bonchev–Trinajstić information content (AvgIpc) is 2.64. The van der Waals surface area contributed by atoms with Gasteiger partial charge in [-0.25, -0.2) is 0 Å². The molecule has 7 heteroatoms. The number of nitrogens with one attached hydrogen (secondary N) is 1. The van der Waals surface area contributed by atoms with Crippen molar-refractivity contribution < 1.29 is 9.53 Å². The normalized spacial score (nSPS) is 11.1. The van der Waals surface area contributed by atoms with Crippen molar-refractivity contribution in [2.24, 2.45) is 10.7 Å². The molecule has 0 atom stereocenters. The quantitative estimate of drug-likeness (QED) is 0.576. The minimum absolute atomic E-state index is 0.437. The fraction of sp³-hybridized carbons (Fsp3) is 0.263. The lowest BCUT2D eigenvalue weighted by Gasteiger charge is -2.22. The van der Waals surface area contributed by atoms with Gasteiger partial charge in [-0.2, -0.15) is 0 Å². The van der Waals surface area contributed by atoms with Gasteiger partial charge in [-0.3, -0.25) is 9.79 Å². The van der Waals surface area contributed by atoms with Crippen molar-refractivity contribution in [1.82, 2.24) is 10.2 Å². The Labute approximate surface area is 158 Å². The summed E-state index contributed by atoms with van der Waals surface area (Å²) in [5.41, 5.74) is 6.75. The van der Waals surface area contributed by atoms with Crippen LogP contribution < -0.4 is 15.8 Å². The minimum atomic E-state index is -0.437. The molecule has 6 nitrogen and oxygen atoms in total. The molecule has 3 N–H and O–H groups in total. The Hall–Kier alpha value is -2.73. The number of guanidine groups is 1. The van der Waals surface area contributed by atoms with Gasteiger partial charge in [-0.1, -0.05) is 23.7 Å². The van der Waals surface area contributed by atoms with Gasteiger partial charge >= 0.3 is 0 Å². The zero-order valence-electron chi connectivity index (χ0n) is 14.9. The summed E-state index contributed by atoms with van der Waals surface area (Å²) in [6.45, 7) is 1.70. The fourth-order valence-corrected chi connectivity index (χ4v) is 2.46. The molecule has 2 aromatic rings. The Morgan fingerprint density at radius 3 is 2.65 bits per heavy atom. The lowest BCUT2D eigenvalue weighted by Crippen LogP contribution is -2.40. The molecule has 0 aliphatic carbocycles. The number of hydrogen-bond acceptors (Lipinski definition) is 3. The van der Waals surface area contributed by atoms with E-state index in [2.05, 4.69) is 10.3 Å². The molecule has 26 heavy (non-hydrogen) atoms. The second-order valence-corrected chi connectivity index (χ2v) is 6.13. The monoisotopic (exact) mass is 374 g/mol. The van der Waals surface area contributed by atoms with Gasteiger partial charge in [0.05, 0.1) is 6.54 Å². The van der Waals surface area contributed by atoms with Crippen molar-refractivity contribution in [3.05, 3.63) is 64.7 Å². The van der Waals surface area contributed by atoms with Crippen molar-refractivity contribution in [1.29, 1.82) is 0 Å². The van der Waals surface area contributed by atoms with Crippen molar-refractivity contribution in [3.8, 4) is 5.75 Å². The van der Waals surface area contributed by atoms with E-state index >= 15 is 0 Å². The third kappa shape index (κ3) is 5.97. The second-order valence-electron chi connectivity index (χ2n) is 5.69. The number of ether oxygens (including phenoxy) is 1. The zero-order chi connectivity index (χ0) is 18.9. The van der Waals surface area contributed by atoms with Crippen LogP contribution in [0.1, 0.15) is 15.9 Å². The first-order valence-electron chi connectivity index (χ1n) is 8.18. The molecule has 0 saturated heterocycles. The fourth-order valence-electron chi connectivity index (χ4n) is 2.34. The van der Waals surface area contributed by atoms with Crippen LogP contribution in [0.15, 0.2) is 53.5 Å². The lowest BCUT2D eigenvalue weighted by atomic mass is 10.1. The summed E-state index contributed by atoms with van der Waals surface area (Å²) < 4.78 is 5.70. The number of rotatable bonds is 7. The topological polar surface area (TPSA) is 79.9 Å². The van der Waals surface area contributed by atoms with Crippen molar-refractivity contribution in [2.75, 3.05) is 27.2 Å². The lowest BCUT2D eigenvalue weighted by molar-refractivity contribution is 0.1000.